The monoisotopic (exact) mass is 355 g/mol. The van der Waals surface area contributed by atoms with E-state index in [2.05, 4.69) is 16.0 Å². The van der Waals surface area contributed by atoms with Gasteiger partial charge in [-0.15, -0.1) is 0 Å². The molecule has 2 aromatic rings. The number of hydrogen-bond donors (Lipinski definition) is 3. The van der Waals surface area contributed by atoms with Gasteiger partial charge in [0, 0.05) is 38.1 Å². The Morgan fingerprint density at radius 3 is 2.38 bits per heavy atom. The number of nitrogens with one attached hydrogen (secondary N) is 3. The number of rotatable bonds is 8. The number of benzene rings is 2. The van der Waals surface area contributed by atoms with Crippen molar-refractivity contribution in [1.29, 1.82) is 0 Å². The molecule has 3 N–H and O–H groups in total. The molecule has 138 valence electrons. The number of carbonyl (C=O) groups excluding carboxylic acids is 2. The van der Waals surface area contributed by atoms with Crippen LogP contribution in [0.2, 0.25) is 0 Å². The molecule has 0 aliphatic heterocycles. The molecule has 2 rings (SSSR count). The van der Waals surface area contributed by atoms with E-state index in [-0.39, 0.29) is 11.9 Å². The number of hydrogen-bond acceptors (Lipinski definition) is 3. The van der Waals surface area contributed by atoms with Gasteiger partial charge in [0.2, 0.25) is 5.91 Å². The molecule has 6 nitrogen and oxygen atoms in total. The smallest absolute Gasteiger partial charge is 0.323 e. The van der Waals surface area contributed by atoms with Crippen molar-refractivity contribution in [2.45, 2.75) is 26.3 Å². The lowest BCUT2D eigenvalue weighted by molar-refractivity contribution is -0.121. The van der Waals surface area contributed by atoms with Crippen LogP contribution in [0.15, 0.2) is 48.5 Å². The summed E-state index contributed by atoms with van der Waals surface area (Å²) < 4.78 is 4.93. The van der Waals surface area contributed by atoms with Crippen molar-refractivity contribution in [2.24, 2.45) is 0 Å². The van der Waals surface area contributed by atoms with Crippen molar-refractivity contribution in [1.82, 2.24) is 5.32 Å². The van der Waals surface area contributed by atoms with Crippen molar-refractivity contribution in [3.05, 3.63) is 59.7 Å². The van der Waals surface area contributed by atoms with E-state index in [0.29, 0.717) is 31.7 Å². The Morgan fingerprint density at radius 2 is 1.69 bits per heavy atom. The van der Waals surface area contributed by atoms with Crippen LogP contribution in [-0.2, 0) is 16.1 Å². The minimum atomic E-state index is -0.309. The Hall–Kier alpha value is -2.86. The highest BCUT2D eigenvalue weighted by atomic mass is 16.5. The van der Waals surface area contributed by atoms with Gasteiger partial charge in [-0.3, -0.25) is 4.79 Å². The van der Waals surface area contributed by atoms with Crippen LogP contribution < -0.4 is 16.0 Å². The summed E-state index contributed by atoms with van der Waals surface area (Å²) in [7, 11) is 1.62. The van der Waals surface area contributed by atoms with Crippen molar-refractivity contribution in [2.75, 3.05) is 24.4 Å². The summed E-state index contributed by atoms with van der Waals surface area (Å²) in [5, 5.41) is 8.46. The van der Waals surface area contributed by atoms with Gasteiger partial charge < -0.3 is 20.7 Å². The third-order valence-corrected chi connectivity index (χ3v) is 3.70. The van der Waals surface area contributed by atoms with Crippen molar-refractivity contribution in [3.63, 3.8) is 0 Å². The first kappa shape index (κ1) is 19.5. The Bertz CT molecular complexity index is 747. The summed E-state index contributed by atoms with van der Waals surface area (Å²) in [5.74, 6) is -0.0161. The van der Waals surface area contributed by atoms with Crippen LogP contribution in [0.4, 0.5) is 16.2 Å². The van der Waals surface area contributed by atoms with Crippen LogP contribution >= 0.6 is 0 Å². The fourth-order valence-corrected chi connectivity index (χ4v) is 2.44. The van der Waals surface area contributed by atoms with Gasteiger partial charge in [0.15, 0.2) is 0 Å². The summed E-state index contributed by atoms with van der Waals surface area (Å²) in [5.41, 5.74) is 3.40. The van der Waals surface area contributed by atoms with Gasteiger partial charge in [-0.1, -0.05) is 24.3 Å². The van der Waals surface area contributed by atoms with E-state index in [1.807, 2.05) is 49.4 Å². The molecular weight excluding hydrogens is 330 g/mol. The van der Waals surface area contributed by atoms with E-state index in [9.17, 15) is 9.59 Å². The third kappa shape index (κ3) is 6.94. The number of carbonyl (C=O) groups is 2. The second-order valence-corrected chi connectivity index (χ2v) is 6.02. The van der Waals surface area contributed by atoms with Crippen LogP contribution in [0.25, 0.3) is 0 Å². The average molecular weight is 355 g/mol. The molecule has 0 aromatic heterocycles. The predicted molar refractivity (Wildman–Crippen MR) is 103 cm³/mol. The Kier molecular flexibility index (Phi) is 7.64. The quantitative estimate of drug-likeness (QED) is 0.632. The lowest BCUT2D eigenvalue weighted by Gasteiger charge is -2.10. The highest BCUT2D eigenvalue weighted by molar-refractivity contribution is 5.99. The SMILES string of the molecule is COCCCC(=O)NCc1cccc(NC(=O)Nc2cccc(C)c2)c1. The van der Waals surface area contributed by atoms with Gasteiger partial charge in [0.05, 0.1) is 0 Å². The fraction of sp³-hybridized carbons (Fsp3) is 0.300. The van der Waals surface area contributed by atoms with Gasteiger partial charge in [-0.05, 0) is 48.7 Å². The molecule has 2 aromatic carbocycles. The topological polar surface area (TPSA) is 79.5 Å². The molecule has 0 atom stereocenters. The van der Waals surface area contributed by atoms with Crippen LogP contribution in [0.3, 0.4) is 0 Å². The molecule has 0 fully saturated rings. The van der Waals surface area contributed by atoms with E-state index >= 15 is 0 Å². The molecule has 0 bridgehead atoms. The average Bonchev–Trinajstić information content (AvgIpc) is 2.60. The fourth-order valence-electron chi connectivity index (χ4n) is 2.44. The van der Waals surface area contributed by atoms with Gasteiger partial charge in [0.1, 0.15) is 0 Å². The van der Waals surface area contributed by atoms with E-state index < -0.39 is 0 Å². The van der Waals surface area contributed by atoms with Gasteiger partial charge in [-0.25, -0.2) is 4.79 Å². The first-order valence-electron chi connectivity index (χ1n) is 8.56. The molecule has 0 unspecified atom stereocenters. The number of anilines is 2. The van der Waals surface area contributed by atoms with Crippen LogP contribution in [0, 0.1) is 6.92 Å². The molecule has 0 heterocycles. The number of methoxy groups -OCH3 is 1. The predicted octanol–water partition coefficient (Wildman–Crippen LogP) is 3.68. The van der Waals surface area contributed by atoms with E-state index in [4.69, 9.17) is 4.74 Å². The third-order valence-electron chi connectivity index (χ3n) is 3.70. The van der Waals surface area contributed by atoms with E-state index in [1.54, 1.807) is 13.2 Å². The van der Waals surface area contributed by atoms with Crippen molar-refractivity contribution in [3.8, 4) is 0 Å². The molecule has 0 saturated heterocycles. The minimum Gasteiger partial charge on any atom is -0.385 e. The van der Waals surface area contributed by atoms with E-state index in [0.717, 1.165) is 16.8 Å². The maximum absolute atomic E-state index is 12.1. The summed E-state index contributed by atoms with van der Waals surface area (Å²) in [6, 6.07) is 14.7. The molecule has 6 heteroatoms. The van der Waals surface area contributed by atoms with Crippen LogP contribution in [0.1, 0.15) is 24.0 Å². The molecule has 0 aliphatic rings. The number of amides is 3. The summed E-state index contributed by atoms with van der Waals surface area (Å²) in [6.45, 7) is 2.96. The zero-order chi connectivity index (χ0) is 18.8. The normalized spacial score (nSPS) is 10.2. The molecule has 26 heavy (non-hydrogen) atoms. The Labute approximate surface area is 153 Å². The Morgan fingerprint density at radius 1 is 1.00 bits per heavy atom. The number of ether oxygens (including phenoxy) is 1. The zero-order valence-electron chi connectivity index (χ0n) is 15.2. The van der Waals surface area contributed by atoms with Crippen molar-refractivity contribution >= 4 is 23.3 Å². The second-order valence-electron chi connectivity index (χ2n) is 6.02. The van der Waals surface area contributed by atoms with E-state index in [1.165, 1.54) is 0 Å². The number of aryl methyl sites for hydroxylation is 1. The largest absolute Gasteiger partial charge is 0.385 e. The molecule has 0 aliphatic carbocycles. The molecule has 0 radical (unpaired) electrons. The second kappa shape index (κ2) is 10.2. The molecule has 0 spiro atoms. The van der Waals surface area contributed by atoms with Crippen LogP contribution in [0.5, 0.6) is 0 Å². The first-order chi connectivity index (χ1) is 12.6. The molecular formula is C20H25N3O3. The van der Waals surface area contributed by atoms with Crippen molar-refractivity contribution < 1.29 is 14.3 Å². The van der Waals surface area contributed by atoms with Crippen LogP contribution in [-0.4, -0.2) is 25.7 Å². The molecule has 3 amide bonds. The first-order valence-corrected chi connectivity index (χ1v) is 8.56. The maximum atomic E-state index is 12.1. The zero-order valence-corrected chi connectivity index (χ0v) is 15.2. The lowest BCUT2D eigenvalue weighted by atomic mass is 10.2. The maximum Gasteiger partial charge on any atom is 0.323 e. The number of urea groups is 1. The standard InChI is InChI=1S/C20H25N3O3/c1-15-6-3-8-17(12-15)22-20(25)23-18-9-4-7-16(13-18)14-21-19(24)10-5-11-26-2/h3-4,6-9,12-13H,5,10-11,14H2,1-2H3,(H,21,24)(H2,22,23,25). The Balaban J connectivity index is 1.84. The summed E-state index contributed by atoms with van der Waals surface area (Å²) >= 11 is 0. The minimum absolute atomic E-state index is 0.0161. The van der Waals surface area contributed by atoms with Gasteiger partial charge in [-0.2, -0.15) is 0 Å². The molecule has 0 saturated carbocycles. The summed E-state index contributed by atoms with van der Waals surface area (Å²) in [4.78, 5) is 23.9. The van der Waals surface area contributed by atoms with Gasteiger partial charge in [0.25, 0.3) is 0 Å². The lowest BCUT2D eigenvalue weighted by Crippen LogP contribution is -2.23. The summed E-state index contributed by atoms with van der Waals surface area (Å²) in [6.07, 6.45) is 1.13. The highest BCUT2D eigenvalue weighted by Gasteiger charge is 2.05. The van der Waals surface area contributed by atoms with Gasteiger partial charge >= 0.3 is 6.03 Å². The highest BCUT2D eigenvalue weighted by Crippen LogP contribution is 2.13.